The molecule has 0 spiro atoms. The fraction of sp³-hybridized carbons (Fsp3) is 0.571. The van der Waals surface area contributed by atoms with Crippen molar-refractivity contribution in [2.75, 3.05) is 13.7 Å². The molecule has 0 radical (unpaired) electrons. The summed E-state index contributed by atoms with van der Waals surface area (Å²) in [6, 6.07) is 0. The maximum atomic E-state index is 11.0. The van der Waals surface area contributed by atoms with Gasteiger partial charge in [0.15, 0.2) is 16.1 Å². The van der Waals surface area contributed by atoms with E-state index in [1.165, 1.54) is 11.7 Å². The van der Waals surface area contributed by atoms with E-state index < -0.39 is 0 Å². The number of ketones is 1. The Kier molecular flexibility index (Phi) is 3.56. The van der Waals surface area contributed by atoms with Crippen molar-refractivity contribution in [3.8, 4) is 0 Å². The lowest BCUT2D eigenvalue weighted by molar-refractivity contribution is 0.101. The Morgan fingerprint density at radius 2 is 2.31 bits per heavy atom. The van der Waals surface area contributed by atoms with Gasteiger partial charge in [0.25, 0.3) is 0 Å². The van der Waals surface area contributed by atoms with Gasteiger partial charge in [0.05, 0.1) is 13.2 Å². The van der Waals surface area contributed by atoms with E-state index in [9.17, 15) is 4.79 Å². The Morgan fingerprint density at radius 1 is 1.62 bits per heavy atom. The number of halogens is 1. The third-order valence-electron chi connectivity index (χ3n) is 1.44. The van der Waals surface area contributed by atoms with Gasteiger partial charge in [-0.2, -0.15) is 4.80 Å². The quantitative estimate of drug-likeness (QED) is 0.742. The molecule has 0 atom stereocenters. The predicted octanol–water partition coefficient (Wildman–Crippen LogP) is 0.890. The molecule has 6 heteroatoms. The Bertz CT molecular complexity index is 311. The second-order valence-electron chi connectivity index (χ2n) is 2.48. The van der Waals surface area contributed by atoms with Gasteiger partial charge in [0, 0.05) is 14.0 Å². The summed E-state index contributed by atoms with van der Waals surface area (Å²) in [4.78, 5) is 12.4. The Hall–Kier alpha value is -0.750. The van der Waals surface area contributed by atoms with Crippen LogP contribution in [-0.2, 0) is 11.3 Å². The zero-order chi connectivity index (χ0) is 9.84. The number of nitrogens with zero attached hydrogens (tertiary/aromatic N) is 3. The summed E-state index contributed by atoms with van der Waals surface area (Å²) >= 11 is 3.15. The van der Waals surface area contributed by atoms with Gasteiger partial charge in [-0.25, -0.2) is 0 Å². The van der Waals surface area contributed by atoms with Crippen molar-refractivity contribution in [2.45, 2.75) is 13.5 Å². The number of methoxy groups -OCH3 is 1. The molecule has 0 aliphatic rings. The molecule has 0 aromatic carbocycles. The van der Waals surface area contributed by atoms with Crippen LogP contribution in [0.5, 0.6) is 0 Å². The molecule has 1 heterocycles. The van der Waals surface area contributed by atoms with Gasteiger partial charge in [0.2, 0.25) is 0 Å². The predicted molar refractivity (Wildman–Crippen MR) is 49.6 cm³/mol. The van der Waals surface area contributed by atoms with Gasteiger partial charge < -0.3 is 4.74 Å². The lowest BCUT2D eigenvalue weighted by Gasteiger charge is -1.95. The van der Waals surface area contributed by atoms with E-state index >= 15 is 0 Å². The highest BCUT2D eigenvalue weighted by Crippen LogP contribution is 2.10. The molecule has 0 aliphatic heterocycles. The van der Waals surface area contributed by atoms with E-state index in [2.05, 4.69) is 26.1 Å². The van der Waals surface area contributed by atoms with Gasteiger partial charge in [-0.3, -0.25) is 4.79 Å². The van der Waals surface area contributed by atoms with Crippen molar-refractivity contribution in [3.05, 3.63) is 10.3 Å². The summed E-state index contributed by atoms with van der Waals surface area (Å²) in [6.07, 6.45) is 0. The number of hydrogen-bond acceptors (Lipinski definition) is 4. The highest BCUT2D eigenvalue weighted by Gasteiger charge is 2.11. The summed E-state index contributed by atoms with van der Waals surface area (Å²) in [5, 5.41) is 7.97. The van der Waals surface area contributed by atoms with Crippen molar-refractivity contribution >= 4 is 21.7 Å². The maximum absolute atomic E-state index is 11.0. The summed E-state index contributed by atoms with van der Waals surface area (Å²) in [6.45, 7) is 2.52. The second-order valence-corrected chi connectivity index (χ2v) is 3.24. The summed E-state index contributed by atoms with van der Waals surface area (Å²) < 4.78 is 5.34. The Labute approximate surface area is 84.2 Å². The van der Waals surface area contributed by atoms with Crippen LogP contribution in [0.4, 0.5) is 0 Å². The number of hydrogen-bond donors (Lipinski definition) is 0. The first kappa shape index (κ1) is 10.3. The lowest BCUT2D eigenvalue weighted by Crippen LogP contribution is -2.08. The highest BCUT2D eigenvalue weighted by molar-refractivity contribution is 9.10. The number of Topliss-reactive ketones (excluding diaryl/α,β-unsaturated/α-hetero) is 1. The molecule has 0 fully saturated rings. The summed E-state index contributed by atoms with van der Waals surface area (Å²) in [7, 11) is 1.60. The molecule has 0 saturated heterocycles. The van der Waals surface area contributed by atoms with Crippen molar-refractivity contribution in [2.24, 2.45) is 0 Å². The molecule has 1 aromatic rings. The molecule has 0 unspecified atom stereocenters. The molecule has 0 saturated carbocycles. The van der Waals surface area contributed by atoms with Crippen molar-refractivity contribution < 1.29 is 9.53 Å². The minimum atomic E-state index is -0.101. The summed E-state index contributed by atoms with van der Waals surface area (Å²) in [5.74, 6) is -0.101. The van der Waals surface area contributed by atoms with Gasteiger partial charge >= 0.3 is 0 Å². The topological polar surface area (TPSA) is 57.0 Å². The minimum Gasteiger partial charge on any atom is -0.383 e. The maximum Gasteiger partial charge on any atom is 0.182 e. The van der Waals surface area contributed by atoms with Crippen molar-refractivity contribution in [1.82, 2.24) is 15.0 Å². The monoisotopic (exact) mass is 247 g/mol. The van der Waals surface area contributed by atoms with E-state index in [0.29, 0.717) is 23.4 Å². The van der Waals surface area contributed by atoms with E-state index in [0.717, 1.165) is 0 Å². The van der Waals surface area contributed by atoms with Crippen molar-refractivity contribution in [1.29, 1.82) is 0 Å². The van der Waals surface area contributed by atoms with Crippen LogP contribution in [-0.4, -0.2) is 34.5 Å². The van der Waals surface area contributed by atoms with Crippen LogP contribution < -0.4 is 0 Å². The third kappa shape index (κ3) is 2.60. The number of aromatic nitrogens is 3. The number of carbonyl (C=O) groups is 1. The number of rotatable bonds is 4. The average Bonchev–Trinajstić information content (AvgIpc) is 2.43. The van der Waals surface area contributed by atoms with Gasteiger partial charge in [-0.1, -0.05) is 0 Å². The largest absolute Gasteiger partial charge is 0.383 e. The number of carbonyl (C=O) groups excluding carboxylic acids is 1. The Balaban J connectivity index is 2.76. The first-order valence-electron chi connectivity index (χ1n) is 3.75. The van der Waals surface area contributed by atoms with Gasteiger partial charge in [0.1, 0.15) is 0 Å². The van der Waals surface area contributed by atoms with Crippen LogP contribution in [0.25, 0.3) is 0 Å². The second kappa shape index (κ2) is 4.48. The van der Waals surface area contributed by atoms with Gasteiger partial charge in [-0.05, 0) is 15.9 Å². The first-order chi connectivity index (χ1) is 6.15. The fourth-order valence-corrected chi connectivity index (χ4v) is 1.36. The average molecular weight is 248 g/mol. The third-order valence-corrected chi connectivity index (χ3v) is 1.98. The Morgan fingerprint density at radius 3 is 2.77 bits per heavy atom. The molecule has 0 amide bonds. The number of ether oxygens (including phenoxy) is 1. The molecule has 72 valence electrons. The standard InChI is InChI=1S/C7H10BrN3O2/c1-5(12)6-7(8)10-11(9-6)3-4-13-2/h3-4H2,1-2H3. The molecule has 5 nitrogen and oxygen atoms in total. The molecule has 1 rings (SSSR count). The van der Waals surface area contributed by atoms with Gasteiger partial charge in [-0.15, -0.1) is 10.2 Å². The zero-order valence-corrected chi connectivity index (χ0v) is 9.04. The van der Waals surface area contributed by atoms with Crippen molar-refractivity contribution in [3.63, 3.8) is 0 Å². The molecule has 0 aliphatic carbocycles. The molecule has 0 bridgehead atoms. The smallest absolute Gasteiger partial charge is 0.182 e. The van der Waals surface area contributed by atoms with Crippen LogP contribution in [0.1, 0.15) is 17.4 Å². The van der Waals surface area contributed by atoms with Crippen LogP contribution in [0.3, 0.4) is 0 Å². The normalized spacial score (nSPS) is 10.4. The van der Waals surface area contributed by atoms with Crippen LogP contribution in [0.2, 0.25) is 0 Å². The highest BCUT2D eigenvalue weighted by atomic mass is 79.9. The molecular weight excluding hydrogens is 238 g/mol. The summed E-state index contributed by atoms with van der Waals surface area (Å²) in [5.41, 5.74) is 0.358. The molecule has 0 N–H and O–H groups in total. The first-order valence-corrected chi connectivity index (χ1v) is 4.55. The minimum absolute atomic E-state index is 0.101. The molecule has 1 aromatic heterocycles. The van der Waals surface area contributed by atoms with E-state index in [1.54, 1.807) is 7.11 Å². The van der Waals surface area contributed by atoms with Crippen LogP contribution >= 0.6 is 15.9 Å². The van der Waals surface area contributed by atoms with Crippen LogP contribution in [0, 0.1) is 0 Å². The van der Waals surface area contributed by atoms with E-state index in [-0.39, 0.29) is 5.78 Å². The van der Waals surface area contributed by atoms with E-state index in [1.807, 2.05) is 0 Å². The van der Waals surface area contributed by atoms with Crippen LogP contribution in [0.15, 0.2) is 4.60 Å². The lowest BCUT2D eigenvalue weighted by atomic mass is 10.3. The van der Waals surface area contributed by atoms with E-state index in [4.69, 9.17) is 4.74 Å². The molecular formula is C7H10BrN3O2. The fourth-order valence-electron chi connectivity index (χ4n) is 0.816. The zero-order valence-electron chi connectivity index (χ0n) is 7.45. The SMILES string of the molecule is COCCn1nc(Br)c(C(C)=O)n1. The molecule has 13 heavy (non-hydrogen) atoms.